The van der Waals surface area contributed by atoms with Crippen LogP contribution in [0, 0.1) is 0 Å². The van der Waals surface area contributed by atoms with Crippen molar-refractivity contribution in [3.63, 3.8) is 0 Å². The van der Waals surface area contributed by atoms with Crippen molar-refractivity contribution in [1.29, 1.82) is 0 Å². The highest BCUT2D eigenvalue weighted by molar-refractivity contribution is 8.01. The largest absolute Gasteiger partial charge is 0.324 e. The van der Waals surface area contributed by atoms with Crippen LogP contribution in [0.4, 0.5) is 5.69 Å². The molecular weight excluding hydrogens is 218 g/mol. The summed E-state index contributed by atoms with van der Waals surface area (Å²) in [5.41, 5.74) is 0.910. The van der Waals surface area contributed by atoms with Crippen LogP contribution >= 0.6 is 23.4 Å². The van der Waals surface area contributed by atoms with Crippen molar-refractivity contribution in [3.8, 4) is 0 Å². The minimum Gasteiger partial charge on any atom is -0.324 e. The number of nitrogens with one attached hydrogen (secondary N) is 1. The summed E-state index contributed by atoms with van der Waals surface area (Å²) in [6, 6.07) is 7.82. The molecule has 1 amide bonds. The van der Waals surface area contributed by atoms with E-state index in [9.17, 15) is 4.79 Å². The van der Waals surface area contributed by atoms with E-state index >= 15 is 0 Å². The summed E-state index contributed by atoms with van der Waals surface area (Å²) in [5, 5.41) is 2.84. The lowest BCUT2D eigenvalue weighted by atomic mass is 10.2. The number of carbonyl (C=O) groups excluding carboxylic acids is 1. The Labute approximate surface area is 92.0 Å². The van der Waals surface area contributed by atoms with Crippen LogP contribution in [0.15, 0.2) is 29.2 Å². The minimum absolute atomic E-state index is 0.0394. The number of rotatable bonds is 2. The van der Waals surface area contributed by atoms with Crippen LogP contribution in [0.5, 0.6) is 0 Å². The number of benzene rings is 1. The Bertz CT molecular complexity index is 356. The Morgan fingerprint density at radius 3 is 3.00 bits per heavy atom. The van der Waals surface area contributed by atoms with E-state index in [2.05, 4.69) is 5.32 Å². The van der Waals surface area contributed by atoms with Crippen LogP contribution in [0.25, 0.3) is 0 Å². The first-order chi connectivity index (χ1) is 6.81. The second-order valence-corrected chi connectivity index (χ2v) is 4.69. The summed E-state index contributed by atoms with van der Waals surface area (Å²) in [4.78, 5) is 12.7. The number of fused-ring (bicyclic) bond motifs is 1. The molecule has 1 atom stereocenters. The van der Waals surface area contributed by atoms with E-state index < -0.39 is 0 Å². The Hall–Kier alpha value is -0.670. The van der Waals surface area contributed by atoms with E-state index in [-0.39, 0.29) is 11.2 Å². The van der Waals surface area contributed by atoms with Gasteiger partial charge in [0.2, 0.25) is 5.91 Å². The molecule has 0 spiro atoms. The van der Waals surface area contributed by atoms with Crippen LogP contribution in [0.1, 0.15) is 6.42 Å². The zero-order valence-corrected chi connectivity index (χ0v) is 9.07. The smallest absolute Gasteiger partial charge is 0.237 e. The molecule has 1 aliphatic rings. The highest BCUT2D eigenvalue weighted by Gasteiger charge is 2.25. The molecule has 1 unspecified atom stereocenters. The molecule has 0 radical (unpaired) electrons. The number of alkyl halides is 1. The predicted molar refractivity (Wildman–Crippen MR) is 60.1 cm³/mol. The van der Waals surface area contributed by atoms with E-state index in [0.29, 0.717) is 12.3 Å². The molecule has 74 valence electrons. The van der Waals surface area contributed by atoms with Crippen molar-refractivity contribution in [2.75, 3.05) is 11.2 Å². The van der Waals surface area contributed by atoms with Gasteiger partial charge < -0.3 is 5.32 Å². The quantitative estimate of drug-likeness (QED) is 0.788. The first-order valence-corrected chi connectivity index (χ1v) is 5.85. The molecule has 0 saturated carbocycles. The van der Waals surface area contributed by atoms with Crippen molar-refractivity contribution in [2.24, 2.45) is 0 Å². The zero-order chi connectivity index (χ0) is 9.97. The van der Waals surface area contributed by atoms with Gasteiger partial charge in [0.1, 0.15) is 0 Å². The van der Waals surface area contributed by atoms with Gasteiger partial charge in [-0.15, -0.1) is 23.4 Å². The van der Waals surface area contributed by atoms with Gasteiger partial charge in [0.15, 0.2) is 0 Å². The summed E-state index contributed by atoms with van der Waals surface area (Å²) in [6.07, 6.45) is 0.715. The van der Waals surface area contributed by atoms with E-state index in [1.807, 2.05) is 24.3 Å². The Kier molecular flexibility index (Phi) is 2.99. The number of halogens is 1. The normalized spacial score (nSPS) is 20.1. The molecule has 1 aliphatic heterocycles. The van der Waals surface area contributed by atoms with Crippen LogP contribution in [0.3, 0.4) is 0 Å². The van der Waals surface area contributed by atoms with E-state index in [1.54, 1.807) is 11.8 Å². The van der Waals surface area contributed by atoms with Gasteiger partial charge in [-0.25, -0.2) is 0 Å². The SMILES string of the molecule is O=C1Nc2ccccc2SC1CCCl. The number of para-hydroxylation sites is 1. The highest BCUT2D eigenvalue weighted by Crippen LogP contribution is 2.36. The number of carbonyl (C=O) groups is 1. The molecule has 2 rings (SSSR count). The molecule has 0 saturated heterocycles. The average molecular weight is 228 g/mol. The first-order valence-electron chi connectivity index (χ1n) is 4.44. The molecule has 1 aromatic carbocycles. The Morgan fingerprint density at radius 2 is 2.21 bits per heavy atom. The van der Waals surface area contributed by atoms with Crippen LogP contribution in [-0.4, -0.2) is 17.0 Å². The lowest BCUT2D eigenvalue weighted by molar-refractivity contribution is -0.115. The first kappa shape index (κ1) is 9.87. The second-order valence-electron chi connectivity index (χ2n) is 3.07. The van der Waals surface area contributed by atoms with Crippen LogP contribution < -0.4 is 5.32 Å². The van der Waals surface area contributed by atoms with E-state index in [0.717, 1.165) is 10.6 Å². The Balaban J connectivity index is 2.22. The summed E-state index contributed by atoms with van der Waals surface area (Å²) in [6.45, 7) is 0. The topological polar surface area (TPSA) is 29.1 Å². The third kappa shape index (κ3) is 1.88. The molecule has 0 bridgehead atoms. The number of anilines is 1. The fraction of sp³-hybridized carbons (Fsp3) is 0.300. The lowest BCUT2D eigenvalue weighted by Gasteiger charge is -2.23. The van der Waals surface area contributed by atoms with Gasteiger partial charge in [-0.3, -0.25) is 4.79 Å². The third-order valence-corrected chi connectivity index (χ3v) is 3.64. The van der Waals surface area contributed by atoms with Crippen molar-refractivity contribution in [1.82, 2.24) is 0 Å². The van der Waals surface area contributed by atoms with Gasteiger partial charge in [0.25, 0.3) is 0 Å². The number of hydrogen-bond donors (Lipinski definition) is 1. The van der Waals surface area contributed by atoms with Gasteiger partial charge in [-0.1, -0.05) is 12.1 Å². The molecule has 0 fully saturated rings. The predicted octanol–water partition coefficient (Wildman–Crippen LogP) is 2.73. The highest BCUT2D eigenvalue weighted by atomic mass is 35.5. The van der Waals surface area contributed by atoms with E-state index in [1.165, 1.54) is 0 Å². The van der Waals surface area contributed by atoms with Crippen molar-refractivity contribution < 1.29 is 4.79 Å². The number of hydrogen-bond acceptors (Lipinski definition) is 2. The fourth-order valence-electron chi connectivity index (χ4n) is 1.38. The molecule has 1 N–H and O–H groups in total. The van der Waals surface area contributed by atoms with Gasteiger partial charge in [-0.2, -0.15) is 0 Å². The average Bonchev–Trinajstić information content (AvgIpc) is 2.19. The molecule has 0 aromatic heterocycles. The van der Waals surface area contributed by atoms with Gasteiger partial charge in [0, 0.05) is 10.8 Å². The molecule has 1 heterocycles. The molecular formula is C10H10ClNOS. The van der Waals surface area contributed by atoms with E-state index in [4.69, 9.17) is 11.6 Å². The monoisotopic (exact) mass is 227 g/mol. The molecule has 14 heavy (non-hydrogen) atoms. The van der Waals surface area contributed by atoms with Gasteiger partial charge in [0.05, 0.1) is 10.9 Å². The molecule has 4 heteroatoms. The lowest BCUT2D eigenvalue weighted by Crippen LogP contribution is -2.29. The van der Waals surface area contributed by atoms with Crippen molar-refractivity contribution in [3.05, 3.63) is 24.3 Å². The van der Waals surface area contributed by atoms with Crippen molar-refractivity contribution >= 4 is 35.0 Å². The summed E-state index contributed by atoms with van der Waals surface area (Å²) in [5.74, 6) is 0.585. The third-order valence-electron chi connectivity index (χ3n) is 2.08. The van der Waals surface area contributed by atoms with Gasteiger partial charge in [-0.05, 0) is 18.6 Å². The number of amides is 1. The molecule has 1 aromatic rings. The number of thioether (sulfide) groups is 1. The maximum Gasteiger partial charge on any atom is 0.237 e. The van der Waals surface area contributed by atoms with Crippen LogP contribution in [-0.2, 0) is 4.79 Å². The fourth-order valence-corrected chi connectivity index (χ4v) is 2.84. The molecule has 0 aliphatic carbocycles. The minimum atomic E-state index is -0.0394. The van der Waals surface area contributed by atoms with Crippen molar-refractivity contribution in [2.45, 2.75) is 16.6 Å². The molecule has 2 nitrogen and oxygen atoms in total. The maximum absolute atomic E-state index is 11.6. The standard InChI is InChI=1S/C10H10ClNOS/c11-6-5-9-10(13)12-7-3-1-2-4-8(7)14-9/h1-4,9H,5-6H2,(H,12,13). The summed E-state index contributed by atoms with van der Waals surface area (Å²) >= 11 is 7.23. The van der Waals surface area contributed by atoms with Crippen LogP contribution in [0.2, 0.25) is 0 Å². The second kappa shape index (κ2) is 4.24. The summed E-state index contributed by atoms with van der Waals surface area (Å²) in [7, 11) is 0. The zero-order valence-electron chi connectivity index (χ0n) is 7.50. The maximum atomic E-state index is 11.6. The Morgan fingerprint density at radius 1 is 1.43 bits per heavy atom. The summed E-state index contributed by atoms with van der Waals surface area (Å²) < 4.78 is 0. The van der Waals surface area contributed by atoms with Gasteiger partial charge >= 0.3 is 0 Å².